The Hall–Kier alpha value is -3.79. The number of rotatable bonds is 12. The van der Waals surface area contributed by atoms with E-state index in [0.29, 0.717) is 37.0 Å². The van der Waals surface area contributed by atoms with Crippen molar-refractivity contribution in [2.45, 2.75) is 58.2 Å². The van der Waals surface area contributed by atoms with Gasteiger partial charge in [-0.1, -0.05) is 44.2 Å². The smallest absolute Gasteiger partial charge is 0.312 e. The van der Waals surface area contributed by atoms with Gasteiger partial charge < -0.3 is 26.2 Å². The first-order chi connectivity index (χ1) is 19.5. The van der Waals surface area contributed by atoms with Crippen LogP contribution in [0.3, 0.4) is 0 Å². The number of benzene rings is 2. The van der Waals surface area contributed by atoms with Crippen LogP contribution < -0.4 is 16.4 Å². The molecule has 1 heterocycles. The number of hydrogen-bond donors (Lipinski definition) is 3. The first-order valence-electron chi connectivity index (χ1n) is 14.3. The summed E-state index contributed by atoms with van der Waals surface area (Å²) in [6.45, 7) is 6.77. The average Bonchev–Trinajstić information content (AvgIpc) is 3.66. The Morgan fingerprint density at radius 3 is 2.29 bits per heavy atom. The molecule has 2 aliphatic rings. The van der Waals surface area contributed by atoms with Gasteiger partial charge in [0, 0.05) is 43.3 Å². The van der Waals surface area contributed by atoms with Gasteiger partial charge in [-0.05, 0) is 67.9 Å². The van der Waals surface area contributed by atoms with Gasteiger partial charge in [-0.25, -0.2) is 4.39 Å². The van der Waals surface area contributed by atoms with E-state index < -0.39 is 47.6 Å². The Morgan fingerprint density at radius 2 is 1.66 bits per heavy atom. The first kappa shape index (κ1) is 30.2. The number of nitrogens with two attached hydrogens (primary N) is 1. The van der Waals surface area contributed by atoms with Crippen LogP contribution in [-0.4, -0.2) is 71.2 Å². The number of anilines is 1. The Bertz CT molecular complexity index is 1240. The minimum Gasteiger partial charge on any atom is -0.350 e. The SMILES string of the molecule is CC1CC1CN1CCN([C@H](C)C(=O)N[C@@H](Cc2ccccc2)[C@@H](N)C[C@@H](C)C(=O)Nc2ccc(F)cc2)C(=O)C1=O. The molecular formula is C31H40FN5O4. The van der Waals surface area contributed by atoms with Gasteiger partial charge >= 0.3 is 11.8 Å². The van der Waals surface area contributed by atoms with Crippen molar-refractivity contribution in [3.8, 4) is 0 Å². The van der Waals surface area contributed by atoms with Crippen LogP contribution in [0.4, 0.5) is 10.1 Å². The van der Waals surface area contributed by atoms with Gasteiger partial charge in [0.15, 0.2) is 0 Å². The number of nitrogens with one attached hydrogen (secondary N) is 2. The third-order valence-corrected chi connectivity index (χ3v) is 8.25. The second-order valence-electron chi connectivity index (χ2n) is 11.5. The quantitative estimate of drug-likeness (QED) is 0.341. The molecular weight excluding hydrogens is 525 g/mol. The predicted molar refractivity (Wildman–Crippen MR) is 154 cm³/mol. The molecule has 1 saturated carbocycles. The van der Waals surface area contributed by atoms with Crippen LogP contribution in [0, 0.1) is 23.6 Å². The van der Waals surface area contributed by atoms with E-state index in [1.165, 1.54) is 29.2 Å². The summed E-state index contributed by atoms with van der Waals surface area (Å²) in [5, 5.41) is 5.77. The fourth-order valence-corrected chi connectivity index (χ4v) is 5.27. The van der Waals surface area contributed by atoms with Gasteiger partial charge in [0.25, 0.3) is 0 Å². The molecule has 1 saturated heterocycles. The Labute approximate surface area is 240 Å². The van der Waals surface area contributed by atoms with E-state index in [0.717, 1.165) is 12.0 Å². The zero-order chi connectivity index (χ0) is 29.7. The Balaban J connectivity index is 1.39. The topological polar surface area (TPSA) is 125 Å². The van der Waals surface area contributed by atoms with E-state index in [-0.39, 0.29) is 18.9 Å². The minimum atomic E-state index is -0.863. The maximum atomic E-state index is 13.4. The van der Waals surface area contributed by atoms with Crippen molar-refractivity contribution < 1.29 is 23.6 Å². The second-order valence-corrected chi connectivity index (χ2v) is 11.5. The molecule has 220 valence electrons. The van der Waals surface area contributed by atoms with Crippen molar-refractivity contribution >= 4 is 29.3 Å². The maximum Gasteiger partial charge on any atom is 0.312 e. The Kier molecular flexibility index (Phi) is 9.75. The van der Waals surface area contributed by atoms with E-state index in [9.17, 15) is 23.6 Å². The molecule has 4 rings (SSSR count). The summed E-state index contributed by atoms with van der Waals surface area (Å²) < 4.78 is 13.2. The zero-order valence-electron chi connectivity index (χ0n) is 23.9. The monoisotopic (exact) mass is 565 g/mol. The van der Waals surface area contributed by atoms with Crippen molar-refractivity contribution in [3.63, 3.8) is 0 Å². The summed E-state index contributed by atoms with van der Waals surface area (Å²) in [4.78, 5) is 54.8. The number of piperazine rings is 1. The molecule has 10 heteroatoms. The van der Waals surface area contributed by atoms with Crippen LogP contribution in [0.25, 0.3) is 0 Å². The molecule has 2 aromatic carbocycles. The highest BCUT2D eigenvalue weighted by atomic mass is 19.1. The number of halogens is 1. The predicted octanol–water partition coefficient (Wildman–Crippen LogP) is 2.56. The maximum absolute atomic E-state index is 13.4. The van der Waals surface area contributed by atoms with E-state index in [2.05, 4.69) is 17.6 Å². The molecule has 41 heavy (non-hydrogen) atoms. The molecule has 9 nitrogen and oxygen atoms in total. The van der Waals surface area contributed by atoms with E-state index in [1.807, 2.05) is 30.3 Å². The molecule has 4 amide bonds. The van der Waals surface area contributed by atoms with Gasteiger partial charge in [0.1, 0.15) is 11.9 Å². The summed E-state index contributed by atoms with van der Waals surface area (Å²) in [6, 6.07) is 13.1. The lowest BCUT2D eigenvalue weighted by Gasteiger charge is -2.37. The summed E-state index contributed by atoms with van der Waals surface area (Å²) in [5.41, 5.74) is 8.02. The lowest BCUT2D eigenvalue weighted by Crippen LogP contribution is -2.61. The lowest BCUT2D eigenvalue weighted by molar-refractivity contribution is -0.159. The third-order valence-electron chi connectivity index (χ3n) is 8.25. The van der Waals surface area contributed by atoms with Crippen molar-refractivity contribution in [2.24, 2.45) is 23.5 Å². The number of amides is 4. The largest absolute Gasteiger partial charge is 0.350 e. The molecule has 0 spiro atoms. The van der Waals surface area contributed by atoms with Gasteiger partial charge in [-0.3, -0.25) is 19.2 Å². The normalized spacial score (nSPS) is 21.6. The average molecular weight is 566 g/mol. The van der Waals surface area contributed by atoms with Crippen molar-refractivity contribution in [2.75, 3.05) is 25.0 Å². The van der Waals surface area contributed by atoms with Crippen LogP contribution in [0.15, 0.2) is 54.6 Å². The van der Waals surface area contributed by atoms with Crippen molar-refractivity contribution in [1.82, 2.24) is 15.1 Å². The summed E-state index contributed by atoms with van der Waals surface area (Å²) >= 11 is 0. The number of carbonyl (C=O) groups is 4. The molecule has 0 bridgehead atoms. The highest BCUT2D eigenvalue weighted by Gasteiger charge is 2.41. The van der Waals surface area contributed by atoms with Gasteiger partial charge in [0.05, 0.1) is 0 Å². The number of carbonyl (C=O) groups excluding carboxylic acids is 4. The Morgan fingerprint density at radius 1 is 1.00 bits per heavy atom. The van der Waals surface area contributed by atoms with Gasteiger partial charge in [0.2, 0.25) is 11.8 Å². The fraction of sp³-hybridized carbons (Fsp3) is 0.484. The van der Waals surface area contributed by atoms with Crippen LogP contribution in [0.5, 0.6) is 0 Å². The molecule has 4 N–H and O–H groups in total. The molecule has 0 radical (unpaired) electrons. The van der Waals surface area contributed by atoms with E-state index >= 15 is 0 Å². The second kappa shape index (κ2) is 13.2. The van der Waals surface area contributed by atoms with Crippen LogP contribution in [0.1, 0.15) is 39.2 Å². The highest BCUT2D eigenvalue weighted by Crippen LogP contribution is 2.38. The van der Waals surface area contributed by atoms with Gasteiger partial charge in [-0.2, -0.15) is 0 Å². The summed E-state index contributed by atoms with van der Waals surface area (Å²) in [6.07, 6.45) is 1.76. The molecule has 6 atom stereocenters. The summed E-state index contributed by atoms with van der Waals surface area (Å²) in [5.74, 6) is -1.78. The van der Waals surface area contributed by atoms with E-state index in [4.69, 9.17) is 5.73 Å². The highest BCUT2D eigenvalue weighted by molar-refractivity contribution is 6.35. The number of nitrogens with zero attached hydrogens (tertiary/aromatic N) is 2. The molecule has 1 aliphatic carbocycles. The van der Waals surface area contributed by atoms with Crippen LogP contribution in [0.2, 0.25) is 0 Å². The lowest BCUT2D eigenvalue weighted by atomic mass is 9.92. The molecule has 2 unspecified atom stereocenters. The third kappa shape index (κ3) is 7.91. The van der Waals surface area contributed by atoms with E-state index in [1.54, 1.807) is 18.7 Å². The fourth-order valence-electron chi connectivity index (χ4n) is 5.27. The zero-order valence-corrected chi connectivity index (χ0v) is 23.9. The van der Waals surface area contributed by atoms with Crippen molar-refractivity contribution in [1.29, 1.82) is 0 Å². The minimum absolute atomic E-state index is 0.271. The molecule has 2 fully saturated rings. The summed E-state index contributed by atoms with van der Waals surface area (Å²) in [7, 11) is 0. The van der Waals surface area contributed by atoms with Gasteiger partial charge in [-0.15, -0.1) is 0 Å². The van der Waals surface area contributed by atoms with Crippen molar-refractivity contribution in [3.05, 3.63) is 66.0 Å². The number of hydrogen-bond acceptors (Lipinski definition) is 5. The molecule has 2 aromatic rings. The molecule has 1 aliphatic heterocycles. The van der Waals surface area contributed by atoms with Crippen LogP contribution >= 0.6 is 0 Å². The van der Waals surface area contributed by atoms with Crippen LogP contribution in [-0.2, 0) is 25.6 Å². The molecule has 0 aromatic heterocycles. The first-order valence-corrected chi connectivity index (χ1v) is 14.3. The standard InChI is InChI=1S/C31H40FN5O4/c1-19-15-23(19)18-36-13-14-37(31(41)30(36)40)21(3)29(39)35-27(17-22-7-5-4-6-8-22)26(33)16-20(2)28(38)34-25-11-9-24(32)10-12-25/h4-12,19-21,23,26-27H,13-18,33H2,1-3H3,(H,34,38)(H,35,39)/t19?,20-,21-,23?,26+,27+/m1/s1.